The van der Waals surface area contributed by atoms with Crippen LogP contribution in [0, 0.1) is 10.1 Å². The maximum absolute atomic E-state index is 10.6. The summed E-state index contributed by atoms with van der Waals surface area (Å²) in [4.78, 5) is 10.0. The van der Waals surface area contributed by atoms with E-state index in [1.54, 1.807) is 6.07 Å². The summed E-state index contributed by atoms with van der Waals surface area (Å²) in [7, 11) is 0. The summed E-state index contributed by atoms with van der Waals surface area (Å²) in [6, 6.07) is 10.8. The van der Waals surface area contributed by atoms with Crippen molar-refractivity contribution in [2.75, 3.05) is 0 Å². The second kappa shape index (κ2) is 6.57. The van der Waals surface area contributed by atoms with Crippen LogP contribution in [0.5, 0.6) is 0 Å². The number of alkyl halides is 1. The van der Waals surface area contributed by atoms with Crippen molar-refractivity contribution in [1.82, 2.24) is 0 Å². The molecule has 20 heavy (non-hydrogen) atoms. The molecule has 4 nitrogen and oxygen atoms in total. The van der Waals surface area contributed by atoms with Gasteiger partial charge in [-0.25, -0.2) is 0 Å². The molecule has 0 amide bonds. The summed E-state index contributed by atoms with van der Waals surface area (Å²) >= 11 is 6.29. The molecule has 0 aliphatic heterocycles. The van der Waals surface area contributed by atoms with Crippen molar-refractivity contribution < 1.29 is 9.34 Å². The average molecular weight is 294 g/mol. The topological polar surface area (TPSA) is 56.3 Å². The van der Waals surface area contributed by atoms with Crippen LogP contribution in [0.15, 0.2) is 40.8 Å². The van der Waals surface area contributed by atoms with E-state index < -0.39 is 10.3 Å². The van der Waals surface area contributed by atoms with Gasteiger partial charge in [-0.1, -0.05) is 37.6 Å². The summed E-state index contributed by atoms with van der Waals surface area (Å²) in [6.07, 6.45) is 3.37. The Bertz CT molecular complexity index is 577. The van der Waals surface area contributed by atoms with Crippen molar-refractivity contribution >= 4 is 17.5 Å². The van der Waals surface area contributed by atoms with Crippen LogP contribution in [-0.2, 0) is 6.42 Å². The van der Waals surface area contributed by atoms with Gasteiger partial charge in [0.2, 0.25) is 0 Å². The Balaban J connectivity index is 2.11. The Labute approximate surface area is 122 Å². The summed E-state index contributed by atoms with van der Waals surface area (Å²) in [5, 5.41) is 10.1. The van der Waals surface area contributed by atoms with E-state index in [1.807, 2.05) is 24.3 Å². The van der Waals surface area contributed by atoms with E-state index in [0.29, 0.717) is 5.76 Å². The van der Waals surface area contributed by atoms with Gasteiger partial charge < -0.3 is 4.42 Å². The van der Waals surface area contributed by atoms with Gasteiger partial charge in [-0.05, 0) is 30.0 Å². The number of hydrogen-bond acceptors (Lipinski definition) is 3. The third-order valence-corrected chi connectivity index (χ3v) is 3.60. The third-order valence-electron chi connectivity index (χ3n) is 3.13. The minimum atomic E-state index is -0.568. The quantitative estimate of drug-likeness (QED) is 0.434. The zero-order valence-electron chi connectivity index (χ0n) is 11.2. The highest BCUT2D eigenvalue weighted by molar-refractivity contribution is 6.22. The molecule has 0 N–H and O–H groups in total. The lowest BCUT2D eigenvalue weighted by molar-refractivity contribution is -0.402. The molecule has 2 rings (SSSR count). The van der Waals surface area contributed by atoms with Crippen LogP contribution in [-0.4, -0.2) is 4.92 Å². The van der Waals surface area contributed by atoms with Gasteiger partial charge >= 0.3 is 5.88 Å². The zero-order valence-corrected chi connectivity index (χ0v) is 12.0. The first-order valence-corrected chi connectivity index (χ1v) is 7.02. The molecule has 1 aromatic carbocycles. The van der Waals surface area contributed by atoms with Gasteiger partial charge in [0.15, 0.2) is 0 Å². The average Bonchev–Trinajstić information content (AvgIpc) is 2.95. The number of nitro groups is 1. The van der Waals surface area contributed by atoms with Crippen LogP contribution in [0.4, 0.5) is 5.88 Å². The van der Waals surface area contributed by atoms with Crippen molar-refractivity contribution in [2.24, 2.45) is 0 Å². The third kappa shape index (κ3) is 3.39. The second-order valence-corrected chi connectivity index (χ2v) is 5.08. The predicted molar refractivity (Wildman–Crippen MR) is 78.1 cm³/mol. The van der Waals surface area contributed by atoms with E-state index in [-0.39, 0.29) is 5.88 Å². The van der Waals surface area contributed by atoms with Gasteiger partial charge in [-0.3, -0.25) is 10.1 Å². The minimum absolute atomic E-state index is 0.287. The molecule has 0 radical (unpaired) electrons. The number of benzene rings is 1. The zero-order chi connectivity index (χ0) is 14.5. The summed E-state index contributed by atoms with van der Waals surface area (Å²) in [5.41, 5.74) is 2.14. The Morgan fingerprint density at radius 2 is 1.95 bits per heavy atom. The molecule has 1 heterocycles. The Hall–Kier alpha value is -1.81. The molecule has 2 aromatic rings. The van der Waals surface area contributed by atoms with Gasteiger partial charge in [0.05, 0.1) is 6.07 Å². The van der Waals surface area contributed by atoms with Gasteiger partial charge in [-0.2, -0.15) is 0 Å². The highest BCUT2D eigenvalue weighted by atomic mass is 35.5. The minimum Gasteiger partial charge on any atom is -0.404 e. The Morgan fingerprint density at radius 3 is 2.50 bits per heavy atom. The van der Waals surface area contributed by atoms with Crippen LogP contribution in [0.25, 0.3) is 0 Å². The maximum atomic E-state index is 10.6. The van der Waals surface area contributed by atoms with E-state index in [4.69, 9.17) is 16.0 Å². The molecule has 0 saturated carbocycles. The number of halogens is 1. The molecule has 1 atom stereocenters. The molecule has 1 aromatic heterocycles. The normalized spacial score (nSPS) is 12.3. The molecular formula is C15H16ClNO3. The van der Waals surface area contributed by atoms with Crippen molar-refractivity contribution in [3.05, 3.63) is 63.4 Å². The summed E-state index contributed by atoms with van der Waals surface area (Å²) in [5.74, 6) is 0.102. The standard InChI is InChI=1S/C15H16ClNO3/c1-2-3-4-11-5-7-12(8-6-11)15(16)13-9-10-14(20-13)17(18)19/h5-10,15H,2-4H2,1H3. The monoisotopic (exact) mass is 293 g/mol. The first-order chi connectivity index (χ1) is 9.61. The number of nitrogens with zero attached hydrogens (tertiary/aromatic N) is 1. The van der Waals surface area contributed by atoms with Crippen molar-refractivity contribution in [2.45, 2.75) is 31.6 Å². The van der Waals surface area contributed by atoms with Gasteiger partial charge in [0.25, 0.3) is 0 Å². The SMILES string of the molecule is CCCCc1ccc(C(Cl)c2ccc([N+](=O)[O-])o2)cc1. The number of aryl methyl sites for hydroxylation is 1. The van der Waals surface area contributed by atoms with Crippen LogP contribution in [0.1, 0.15) is 42.0 Å². The lowest BCUT2D eigenvalue weighted by atomic mass is 10.0. The number of unbranched alkanes of at least 4 members (excludes halogenated alkanes) is 1. The van der Waals surface area contributed by atoms with Crippen molar-refractivity contribution in [3.63, 3.8) is 0 Å². The fourth-order valence-corrected chi connectivity index (χ4v) is 2.24. The molecule has 0 aliphatic carbocycles. The van der Waals surface area contributed by atoms with E-state index in [9.17, 15) is 10.1 Å². The maximum Gasteiger partial charge on any atom is 0.433 e. The molecule has 106 valence electrons. The smallest absolute Gasteiger partial charge is 0.404 e. The van der Waals surface area contributed by atoms with Crippen LogP contribution in [0.2, 0.25) is 0 Å². The number of rotatable bonds is 6. The molecule has 5 heteroatoms. The van der Waals surface area contributed by atoms with E-state index in [2.05, 4.69) is 6.92 Å². The predicted octanol–water partition coefficient (Wildman–Crippen LogP) is 4.86. The Morgan fingerprint density at radius 1 is 1.25 bits per heavy atom. The fourth-order valence-electron chi connectivity index (χ4n) is 1.97. The molecular weight excluding hydrogens is 278 g/mol. The molecule has 0 spiro atoms. The highest BCUT2D eigenvalue weighted by Crippen LogP contribution is 2.32. The Kier molecular flexibility index (Phi) is 4.79. The number of furan rings is 1. The van der Waals surface area contributed by atoms with Crippen molar-refractivity contribution in [1.29, 1.82) is 0 Å². The largest absolute Gasteiger partial charge is 0.433 e. The molecule has 0 saturated heterocycles. The van der Waals surface area contributed by atoms with Gasteiger partial charge in [0, 0.05) is 0 Å². The molecule has 0 fully saturated rings. The highest BCUT2D eigenvalue weighted by Gasteiger charge is 2.19. The lowest BCUT2D eigenvalue weighted by Gasteiger charge is -2.07. The first kappa shape index (κ1) is 14.6. The van der Waals surface area contributed by atoms with E-state index in [1.165, 1.54) is 11.6 Å². The second-order valence-electron chi connectivity index (χ2n) is 4.64. The molecule has 0 aliphatic rings. The fraction of sp³-hybridized carbons (Fsp3) is 0.333. The van der Waals surface area contributed by atoms with Crippen LogP contribution in [0.3, 0.4) is 0 Å². The first-order valence-electron chi connectivity index (χ1n) is 6.59. The van der Waals surface area contributed by atoms with Crippen LogP contribution >= 0.6 is 11.6 Å². The lowest BCUT2D eigenvalue weighted by Crippen LogP contribution is -1.93. The van der Waals surface area contributed by atoms with Gasteiger partial charge in [0.1, 0.15) is 16.1 Å². The van der Waals surface area contributed by atoms with E-state index >= 15 is 0 Å². The van der Waals surface area contributed by atoms with Crippen LogP contribution < -0.4 is 0 Å². The van der Waals surface area contributed by atoms with E-state index in [0.717, 1.165) is 24.8 Å². The summed E-state index contributed by atoms with van der Waals surface area (Å²) < 4.78 is 5.13. The van der Waals surface area contributed by atoms with Crippen molar-refractivity contribution in [3.8, 4) is 0 Å². The molecule has 0 bridgehead atoms. The number of hydrogen-bond donors (Lipinski definition) is 0. The molecule has 1 unspecified atom stereocenters. The van der Waals surface area contributed by atoms with Gasteiger partial charge in [-0.15, -0.1) is 11.6 Å². The summed E-state index contributed by atoms with van der Waals surface area (Å²) in [6.45, 7) is 2.16.